The van der Waals surface area contributed by atoms with Crippen LogP contribution in [0.4, 0.5) is 9.59 Å². The average Bonchev–Trinajstić information content (AvgIpc) is 2.55. The van der Waals surface area contributed by atoms with Crippen molar-refractivity contribution in [2.45, 2.75) is 26.1 Å². The topological polar surface area (TPSA) is 81.8 Å². The van der Waals surface area contributed by atoms with Gasteiger partial charge in [-0.2, -0.15) is 0 Å². The van der Waals surface area contributed by atoms with Gasteiger partial charge >= 0.3 is 12.1 Å². The van der Waals surface area contributed by atoms with E-state index in [0.29, 0.717) is 22.2 Å². The summed E-state index contributed by atoms with van der Waals surface area (Å²) in [6.07, 6.45) is -0.751. The van der Waals surface area contributed by atoms with E-state index < -0.39 is 30.2 Å². The third kappa shape index (κ3) is 2.81. The van der Waals surface area contributed by atoms with E-state index in [1.807, 2.05) is 0 Å². The Labute approximate surface area is 155 Å². The number of urea groups is 2. The first-order valence-electron chi connectivity index (χ1n) is 8.03. The smallest absolute Gasteiger partial charge is 0.328 e. The lowest BCUT2D eigenvalue weighted by molar-refractivity contribution is -0.141. The minimum Gasteiger partial charge on any atom is -0.330 e. The van der Waals surface area contributed by atoms with Crippen molar-refractivity contribution in [2.24, 2.45) is 5.92 Å². The predicted octanol–water partition coefficient (Wildman–Crippen LogP) is 2.59. The Morgan fingerprint density at radius 2 is 1.68 bits per heavy atom. The number of nitrogens with zero attached hydrogens (tertiary/aromatic N) is 2. The molecule has 3 rings (SSSR count). The molecule has 2 saturated heterocycles. The molecule has 5 amide bonds. The number of fused-ring (bicyclic) bond motifs is 1. The van der Waals surface area contributed by atoms with Gasteiger partial charge in [-0.25, -0.2) is 9.59 Å². The van der Waals surface area contributed by atoms with E-state index in [4.69, 9.17) is 23.2 Å². The fourth-order valence-electron chi connectivity index (χ4n) is 3.46. The molecule has 1 aromatic rings. The lowest BCUT2D eigenvalue weighted by Gasteiger charge is -2.49. The van der Waals surface area contributed by atoms with Crippen LogP contribution >= 0.6 is 23.2 Å². The summed E-state index contributed by atoms with van der Waals surface area (Å²) < 4.78 is 0. The minimum atomic E-state index is -0.751. The summed E-state index contributed by atoms with van der Waals surface area (Å²) in [5.41, 5.74) is 0.477. The van der Waals surface area contributed by atoms with Crippen LogP contribution in [0.25, 0.3) is 0 Å². The molecular weight excluding hydrogens is 367 g/mol. The predicted molar refractivity (Wildman–Crippen MR) is 93.3 cm³/mol. The molecule has 2 aliphatic rings. The van der Waals surface area contributed by atoms with E-state index in [0.717, 1.165) is 0 Å². The number of benzene rings is 1. The Morgan fingerprint density at radius 1 is 1.04 bits per heavy atom. The highest BCUT2D eigenvalue weighted by Crippen LogP contribution is 2.40. The molecule has 7 nitrogen and oxygen atoms in total. The van der Waals surface area contributed by atoms with Gasteiger partial charge in [0.1, 0.15) is 12.1 Å². The third-order valence-electron chi connectivity index (χ3n) is 4.60. The SMILES string of the molecule is CCN1C(=O)C2C(c3c(Cl)cccc3Cl)NC(=O)NC2N(CC)C1=O. The maximum absolute atomic E-state index is 13.0. The highest BCUT2D eigenvalue weighted by Gasteiger charge is 2.53. The Kier molecular flexibility index (Phi) is 4.79. The first-order chi connectivity index (χ1) is 11.9. The molecule has 2 fully saturated rings. The van der Waals surface area contributed by atoms with E-state index in [9.17, 15) is 14.4 Å². The fraction of sp³-hybridized carbons (Fsp3) is 0.438. The molecule has 9 heteroatoms. The Balaban J connectivity index is 2.12. The van der Waals surface area contributed by atoms with Gasteiger partial charge in [-0.05, 0) is 26.0 Å². The van der Waals surface area contributed by atoms with E-state index in [-0.39, 0.29) is 12.5 Å². The number of carbonyl (C=O) groups is 3. The third-order valence-corrected chi connectivity index (χ3v) is 5.26. The largest absolute Gasteiger partial charge is 0.330 e. The van der Waals surface area contributed by atoms with Gasteiger partial charge in [0.25, 0.3) is 0 Å². The molecule has 134 valence electrons. The van der Waals surface area contributed by atoms with E-state index in [2.05, 4.69) is 10.6 Å². The summed E-state index contributed by atoms with van der Waals surface area (Å²) in [7, 11) is 0. The van der Waals surface area contributed by atoms with Gasteiger partial charge in [0.05, 0.1) is 6.04 Å². The summed E-state index contributed by atoms with van der Waals surface area (Å²) in [5, 5.41) is 6.14. The first-order valence-corrected chi connectivity index (χ1v) is 8.79. The minimum absolute atomic E-state index is 0.244. The second-order valence-corrected chi connectivity index (χ2v) is 6.67. The van der Waals surface area contributed by atoms with Gasteiger partial charge in [-0.1, -0.05) is 29.3 Å². The summed E-state index contributed by atoms with van der Waals surface area (Å²) in [6, 6.07) is 3.37. The molecule has 0 saturated carbocycles. The summed E-state index contributed by atoms with van der Waals surface area (Å²) in [4.78, 5) is 40.4. The van der Waals surface area contributed by atoms with Crippen molar-refractivity contribution in [2.75, 3.05) is 13.1 Å². The number of nitrogens with one attached hydrogen (secondary N) is 2. The van der Waals surface area contributed by atoms with Crippen LogP contribution in [-0.2, 0) is 4.79 Å². The van der Waals surface area contributed by atoms with Crippen LogP contribution < -0.4 is 10.6 Å². The second kappa shape index (κ2) is 6.72. The number of rotatable bonds is 3. The number of hydrogen-bond acceptors (Lipinski definition) is 3. The molecule has 0 radical (unpaired) electrons. The van der Waals surface area contributed by atoms with Gasteiger partial charge in [-0.15, -0.1) is 0 Å². The van der Waals surface area contributed by atoms with Crippen LogP contribution in [0, 0.1) is 5.92 Å². The average molecular weight is 385 g/mol. The van der Waals surface area contributed by atoms with Crippen LogP contribution in [0.2, 0.25) is 10.0 Å². The van der Waals surface area contributed by atoms with Crippen molar-refractivity contribution in [1.82, 2.24) is 20.4 Å². The second-order valence-electron chi connectivity index (χ2n) is 5.85. The zero-order chi connectivity index (χ0) is 18.3. The molecule has 3 atom stereocenters. The maximum atomic E-state index is 13.0. The van der Waals surface area contributed by atoms with Gasteiger partial charge in [0.15, 0.2) is 0 Å². The molecule has 0 bridgehead atoms. The molecule has 0 spiro atoms. The number of carbonyl (C=O) groups excluding carboxylic acids is 3. The molecule has 25 heavy (non-hydrogen) atoms. The van der Waals surface area contributed by atoms with Crippen molar-refractivity contribution in [3.05, 3.63) is 33.8 Å². The molecule has 0 aliphatic carbocycles. The molecule has 2 aliphatic heterocycles. The lowest BCUT2D eigenvalue weighted by atomic mass is 9.85. The van der Waals surface area contributed by atoms with Crippen LogP contribution in [-0.4, -0.2) is 47.0 Å². The molecule has 1 aromatic carbocycles. The standard InChI is InChI=1S/C16H18Cl2N4O3/c1-3-21-13-11(14(23)22(4-2)16(21)25)12(19-15(24)20-13)10-8(17)6-5-7-9(10)18/h5-7,11-13H,3-4H2,1-2H3,(H2,19,20,24). The Morgan fingerprint density at radius 3 is 2.24 bits per heavy atom. The van der Waals surface area contributed by atoms with Gasteiger partial charge in [0.2, 0.25) is 5.91 Å². The number of hydrogen-bond donors (Lipinski definition) is 2. The quantitative estimate of drug-likeness (QED) is 0.839. The van der Waals surface area contributed by atoms with Crippen molar-refractivity contribution >= 4 is 41.2 Å². The van der Waals surface area contributed by atoms with E-state index in [1.54, 1.807) is 32.0 Å². The van der Waals surface area contributed by atoms with E-state index >= 15 is 0 Å². The highest BCUT2D eigenvalue weighted by atomic mass is 35.5. The van der Waals surface area contributed by atoms with Crippen LogP contribution in [0.5, 0.6) is 0 Å². The highest BCUT2D eigenvalue weighted by molar-refractivity contribution is 6.36. The van der Waals surface area contributed by atoms with Crippen molar-refractivity contribution < 1.29 is 14.4 Å². The summed E-state index contributed by atoms with van der Waals surface area (Å²) >= 11 is 12.6. The number of halogens is 2. The number of amides is 5. The molecule has 2 N–H and O–H groups in total. The van der Waals surface area contributed by atoms with Gasteiger partial charge in [0, 0.05) is 28.7 Å². The monoisotopic (exact) mass is 384 g/mol. The van der Waals surface area contributed by atoms with Crippen LogP contribution in [0.1, 0.15) is 25.5 Å². The molecular formula is C16H18Cl2N4O3. The Hall–Kier alpha value is -1.99. The lowest BCUT2D eigenvalue weighted by Crippen LogP contribution is -2.72. The van der Waals surface area contributed by atoms with Crippen molar-refractivity contribution in [3.63, 3.8) is 0 Å². The van der Waals surface area contributed by atoms with Crippen LogP contribution in [0.15, 0.2) is 18.2 Å². The molecule has 0 aromatic heterocycles. The van der Waals surface area contributed by atoms with Gasteiger partial charge in [-0.3, -0.25) is 9.69 Å². The first kappa shape index (κ1) is 17.8. The normalized spacial score (nSPS) is 26.2. The molecule has 2 heterocycles. The zero-order valence-corrected chi connectivity index (χ0v) is 15.3. The van der Waals surface area contributed by atoms with Crippen LogP contribution in [0.3, 0.4) is 0 Å². The summed E-state index contributed by atoms with van der Waals surface area (Å²) in [6.45, 7) is 4.13. The number of imide groups is 1. The van der Waals surface area contributed by atoms with Crippen molar-refractivity contribution in [1.29, 1.82) is 0 Å². The molecule has 3 unspecified atom stereocenters. The van der Waals surface area contributed by atoms with E-state index in [1.165, 1.54) is 9.80 Å². The van der Waals surface area contributed by atoms with Gasteiger partial charge < -0.3 is 15.5 Å². The summed E-state index contributed by atoms with van der Waals surface area (Å²) in [5.74, 6) is -1.09. The zero-order valence-electron chi connectivity index (χ0n) is 13.8. The Bertz CT molecular complexity index is 722. The fourth-order valence-corrected chi connectivity index (χ4v) is 4.09. The maximum Gasteiger partial charge on any atom is 0.328 e. The van der Waals surface area contributed by atoms with Crippen molar-refractivity contribution in [3.8, 4) is 0 Å².